The Morgan fingerprint density at radius 2 is 2.50 bits per heavy atom. The number of aryl methyl sites for hydroxylation is 1. The van der Waals surface area contributed by atoms with Crippen molar-refractivity contribution in [3.63, 3.8) is 0 Å². The van der Waals surface area contributed by atoms with Gasteiger partial charge in [0.2, 0.25) is 0 Å². The number of fused-ring (bicyclic) bond motifs is 1. The van der Waals surface area contributed by atoms with Crippen molar-refractivity contribution in [2.24, 2.45) is 0 Å². The third-order valence-corrected chi connectivity index (χ3v) is 4.93. The normalized spacial score (nSPS) is 21.8. The van der Waals surface area contributed by atoms with Crippen molar-refractivity contribution in [3.8, 4) is 0 Å². The molecule has 0 bridgehead atoms. The monoisotopic (exact) mass is 255 g/mol. The minimum atomic E-state index is 0.617. The van der Waals surface area contributed by atoms with E-state index in [1.165, 1.54) is 31.4 Å². The Balaban J connectivity index is 1.92. The van der Waals surface area contributed by atoms with Crippen LogP contribution in [0.3, 0.4) is 0 Å². The van der Waals surface area contributed by atoms with E-state index in [0.717, 1.165) is 0 Å². The van der Waals surface area contributed by atoms with E-state index in [2.05, 4.69) is 29.9 Å². The van der Waals surface area contributed by atoms with Crippen LogP contribution < -0.4 is 5.32 Å². The predicted molar refractivity (Wildman–Crippen MR) is 75.6 cm³/mol. The van der Waals surface area contributed by atoms with Gasteiger partial charge in [0.15, 0.2) is 0 Å². The summed E-state index contributed by atoms with van der Waals surface area (Å²) in [4.78, 5) is 1.61. The van der Waals surface area contributed by atoms with Gasteiger partial charge in [0.05, 0.1) is 0 Å². The molecule has 0 aliphatic heterocycles. The third-order valence-electron chi connectivity index (χ3n) is 3.29. The van der Waals surface area contributed by atoms with Crippen molar-refractivity contribution in [2.75, 3.05) is 12.0 Å². The second kappa shape index (κ2) is 6.08. The highest BCUT2D eigenvalue weighted by Gasteiger charge is 2.21. The molecule has 90 valence electrons. The highest BCUT2D eigenvalue weighted by atomic mass is 32.2. The Morgan fingerprint density at radius 1 is 1.62 bits per heavy atom. The lowest BCUT2D eigenvalue weighted by atomic mass is 9.93. The first-order chi connectivity index (χ1) is 7.81. The fraction of sp³-hybridized carbons (Fsp3) is 0.692. The molecule has 1 N–H and O–H groups in total. The quantitative estimate of drug-likeness (QED) is 0.857. The molecule has 0 radical (unpaired) electrons. The van der Waals surface area contributed by atoms with Crippen molar-refractivity contribution >= 4 is 23.1 Å². The van der Waals surface area contributed by atoms with Gasteiger partial charge < -0.3 is 5.32 Å². The molecule has 1 aromatic rings. The van der Waals surface area contributed by atoms with E-state index < -0.39 is 0 Å². The molecule has 0 saturated carbocycles. The summed E-state index contributed by atoms with van der Waals surface area (Å²) in [6.45, 7) is 2.32. The van der Waals surface area contributed by atoms with Gasteiger partial charge in [0, 0.05) is 17.0 Å². The van der Waals surface area contributed by atoms with Crippen LogP contribution in [-0.4, -0.2) is 18.1 Å². The summed E-state index contributed by atoms with van der Waals surface area (Å²) in [6.07, 6.45) is 7.42. The molecule has 3 heteroatoms. The molecule has 16 heavy (non-hydrogen) atoms. The van der Waals surface area contributed by atoms with Gasteiger partial charge in [-0.3, -0.25) is 0 Å². The Bertz CT molecular complexity index is 321. The van der Waals surface area contributed by atoms with Gasteiger partial charge in [-0.15, -0.1) is 11.3 Å². The highest BCUT2D eigenvalue weighted by molar-refractivity contribution is 7.98. The molecule has 1 nitrogen and oxygen atoms in total. The van der Waals surface area contributed by atoms with Gasteiger partial charge in [-0.05, 0) is 61.6 Å². The van der Waals surface area contributed by atoms with Crippen LogP contribution in [0.2, 0.25) is 0 Å². The number of nitrogens with one attached hydrogen (secondary N) is 1. The average Bonchev–Trinajstić information content (AvgIpc) is 2.75. The van der Waals surface area contributed by atoms with Gasteiger partial charge in [-0.2, -0.15) is 11.8 Å². The maximum absolute atomic E-state index is 3.79. The summed E-state index contributed by atoms with van der Waals surface area (Å²) in [7, 11) is 0. The van der Waals surface area contributed by atoms with Gasteiger partial charge in [-0.25, -0.2) is 0 Å². The lowest BCUT2D eigenvalue weighted by Gasteiger charge is -2.27. The molecular formula is C13H21NS2. The predicted octanol–water partition coefficient (Wildman–Crippen LogP) is 3.86. The fourth-order valence-electron chi connectivity index (χ4n) is 2.38. The summed E-state index contributed by atoms with van der Waals surface area (Å²) < 4.78 is 0. The van der Waals surface area contributed by atoms with Crippen LogP contribution >= 0.6 is 23.1 Å². The Hall–Kier alpha value is 0.0100. The molecule has 1 aromatic heterocycles. The zero-order valence-corrected chi connectivity index (χ0v) is 11.8. The van der Waals surface area contributed by atoms with Crippen LogP contribution in [0.25, 0.3) is 0 Å². The molecule has 0 amide bonds. The molecular weight excluding hydrogens is 234 g/mol. The third kappa shape index (κ3) is 3.02. The largest absolute Gasteiger partial charge is 0.307 e. The summed E-state index contributed by atoms with van der Waals surface area (Å²) in [5.74, 6) is 1.26. The molecule has 1 aliphatic rings. The van der Waals surface area contributed by atoms with Crippen LogP contribution in [0.5, 0.6) is 0 Å². The Kier molecular flexibility index (Phi) is 4.74. The summed E-state index contributed by atoms with van der Waals surface area (Å²) in [5.41, 5.74) is 1.58. The van der Waals surface area contributed by atoms with E-state index in [1.54, 1.807) is 10.4 Å². The SMILES string of the molecule is CSCCC(C)NC1CCCc2sccc21. The van der Waals surface area contributed by atoms with Crippen LogP contribution in [0, 0.1) is 0 Å². The zero-order valence-electron chi connectivity index (χ0n) is 10.2. The molecule has 0 saturated heterocycles. The van der Waals surface area contributed by atoms with E-state index in [9.17, 15) is 0 Å². The number of thiophene rings is 1. The number of thioether (sulfide) groups is 1. The van der Waals surface area contributed by atoms with Crippen molar-refractivity contribution in [1.29, 1.82) is 0 Å². The maximum Gasteiger partial charge on any atom is 0.0333 e. The first-order valence-electron chi connectivity index (χ1n) is 6.12. The fourth-order valence-corrected chi connectivity index (χ4v) is 3.96. The smallest absolute Gasteiger partial charge is 0.0333 e. The second-order valence-electron chi connectivity index (χ2n) is 4.59. The molecule has 0 aromatic carbocycles. The van der Waals surface area contributed by atoms with Gasteiger partial charge in [0.1, 0.15) is 0 Å². The maximum atomic E-state index is 3.79. The lowest BCUT2D eigenvalue weighted by molar-refractivity contribution is 0.406. The summed E-state index contributed by atoms with van der Waals surface area (Å²) >= 11 is 3.87. The van der Waals surface area contributed by atoms with Crippen LogP contribution in [0.15, 0.2) is 11.4 Å². The zero-order chi connectivity index (χ0) is 11.4. The molecule has 1 heterocycles. The Labute approximate surface area is 107 Å². The number of rotatable bonds is 5. The molecule has 2 unspecified atom stereocenters. The molecule has 2 rings (SSSR count). The molecule has 2 atom stereocenters. The van der Waals surface area contributed by atoms with Crippen molar-refractivity contribution in [2.45, 2.75) is 44.7 Å². The van der Waals surface area contributed by atoms with Crippen LogP contribution in [0.1, 0.15) is 42.7 Å². The second-order valence-corrected chi connectivity index (χ2v) is 6.58. The van der Waals surface area contributed by atoms with Crippen LogP contribution in [0.4, 0.5) is 0 Å². The van der Waals surface area contributed by atoms with E-state index in [0.29, 0.717) is 12.1 Å². The molecule has 1 aliphatic carbocycles. The standard InChI is InChI=1S/C13H21NS2/c1-10(6-8-15-2)14-12-4-3-5-13-11(12)7-9-16-13/h7,9-10,12,14H,3-6,8H2,1-2H3. The van der Waals surface area contributed by atoms with Gasteiger partial charge in [0.25, 0.3) is 0 Å². The number of hydrogen-bond donors (Lipinski definition) is 1. The van der Waals surface area contributed by atoms with E-state index in [4.69, 9.17) is 0 Å². The first-order valence-corrected chi connectivity index (χ1v) is 8.40. The van der Waals surface area contributed by atoms with Crippen LogP contribution in [-0.2, 0) is 6.42 Å². The van der Waals surface area contributed by atoms with Crippen molar-refractivity contribution in [3.05, 3.63) is 21.9 Å². The highest BCUT2D eigenvalue weighted by Crippen LogP contribution is 2.33. The minimum absolute atomic E-state index is 0.617. The lowest BCUT2D eigenvalue weighted by Crippen LogP contribution is -2.32. The number of hydrogen-bond acceptors (Lipinski definition) is 3. The minimum Gasteiger partial charge on any atom is -0.307 e. The summed E-state index contributed by atoms with van der Waals surface area (Å²) in [5, 5.41) is 6.04. The summed E-state index contributed by atoms with van der Waals surface area (Å²) in [6, 6.07) is 3.58. The van der Waals surface area contributed by atoms with E-state index in [1.807, 2.05) is 23.1 Å². The first kappa shape index (κ1) is 12.5. The van der Waals surface area contributed by atoms with Gasteiger partial charge in [-0.1, -0.05) is 0 Å². The van der Waals surface area contributed by atoms with Crippen molar-refractivity contribution < 1.29 is 0 Å². The van der Waals surface area contributed by atoms with E-state index in [-0.39, 0.29) is 0 Å². The molecule has 0 fully saturated rings. The topological polar surface area (TPSA) is 12.0 Å². The molecule has 0 spiro atoms. The Morgan fingerprint density at radius 3 is 3.31 bits per heavy atom. The average molecular weight is 255 g/mol. The van der Waals surface area contributed by atoms with Gasteiger partial charge >= 0.3 is 0 Å². The van der Waals surface area contributed by atoms with Crippen molar-refractivity contribution in [1.82, 2.24) is 5.32 Å². The van der Waals surface area contributed by atoms with E-state index >= 15 is 0 Å².